The van der Waals surface area contributed by atoms with E-state index in [-0.39, 0.29) is 23.8 Å². The topological polar surface area (TPSA) is 52.7 Å². The van der Waals surface area contributed by atoms with Crippen LogP contribution >= 0.6 is 0 Å². The Labute approximate surface area is 137 Å². The number of hydrogen-bond donors (Lipinski definition) is 1. The second-order valence-corrected chi connectivity index (χ2v) is 6.47. The van der Waals surface area contributed by atoms with Gasteiger partial charge >= 0.3 is 0 Å². The normalized spacial score (nSPS) is 25.0. The minimum Gasteiger partial charge on any atom is -0.337 e. The molecular weight excluding hydrogens is 290 g/mol. The molecule has 3 rings (SSSR count). The van der Waals surface area contributed by atoms with E-state index >= 15 is 0 Å². The first-order chi connectivity index (χ1) is 11.1. The van der Waals surface area contributed by atoms with E-state index in [1.54, 1.807) is 4.90 Å². The molecule has 5 heteroatoms. The van der Waals surface area contributed by atoms with Crippen LogP contribution in [0.1, 0.15) is 25.8 Å². The zero-order valence-corrected chi connectivity index (χ0v) is 13.9. The summed E-state index contributed by atoms with van der Waals surface area (Å²) < 4.78 is 0. The molecule has 1 aromatic carbocycles. The molecule has 23 heavy (non-hydrogen) atoms. The third-order valence-corrected chi connectivity index (χ3v) is 4.92. The van der Waals surface area contributed by atoms with Crippen LogP contribution in [0.15, 0.2) is 24.3 Å². The molecule has 0 aliphatic carbocycles. The van der Waals surface area contributed by atoms with Crippen molar-refractivity contribution in [2.45, 2.75) is 32.7 Å². The summed E-state index contributed by atoms with van der Waals surface area (Å²) >= 11 is 0. The van der Waals surface area contributed by atoms with E-state index in [0.717, 1.165) is 37.3 Å². The number of nitrogens with zero attached hydrogens (tertiary/aromatic N) is 2. The summed E-state index contributed by atoms with van der Waals surface area (Å²) in [6.07, 6.45) is 1.21. The van der Waals surface area contributed by atoms with Gasteiger partial charge in [-0.3, -0.25) is 9.59 Å². The van der Waals surface area contributed by atoms with Gasteiger partial charge in [0.15, 0.2) is 0 Å². The number of carbonyl (C=O) groups is 2. The lowest BCUT2D eigenvalue weighted by molar-refractivity contribution is -0.138. The minimum absolute atomic E-state index is 0.0621. The van der Waals surface area contributed by atoms with Gasteiger partial charge in [0.05, 0.1) is 5.92 Å². The fraction of sp³-hybridized carbons (Fsp3) is 0.556. The van der Waals surface area contributed by atoms with Crippen molar-refractivity contribution >= 4 is 17.5 Å². The van der Waals surface area contributed by atoms with E-state index in [1.165, 1.54) is 0 Å². The molecule has 2 fully saturated rings. The first-order valence-corrected chi connectivity index (χ1v) is 8.51. The van der Waals surface area contributed by atoms with Crippen molar-refractivity contribution in [2.24, 2.45) is 5.92 Å². The summed E-state index contributed by atoms with van der Waals surface area (Å²) in [4.78, 5) is 29.0. The molecule has 0 aromatic heterocycles. The van der Waals surface area contributed by atoms with Crippen LogP contribution in [0.2, 0.25) is 0 Å². The number of anilines is 1. The first-order valence-electron chi connectivity index (χ1n) is 8.51. The lowest BCUT2D eigenvalue weighted by Gasteiger charge is -2.35. The average Bonchev–Trinajstić information content (AvgIpc) is 2.96. The molecule has 1 aromatic rings. The van der Waals surface area contributed by atoms with Crippen molar-refractivity contribution < 1.29 is 9.59 Å². The van der Waals surface area contributed by atoms with Crippen molar-refractivity contribution in [2.75, 3.05) is 31.1 Å². The number of benzene rings is 1. The van der Waals surface area contributed by atoms with Gasteiger partial charge < -0.3 is 15.1 Å². The molecule has 2 atom stereocenters. The molecular formula is C18H25N3O2. The number of amides is 2. The van der Waals surface area contributed by atoms with Crippen molar-refractivity contribution in [3.8, 4) is 0 Å². The maximum Gasteiger partial charge on any atom is 0.228 e. The average molecular weight is 315 g/mol. The van der Waals surface area contributed by atoms with Crippen LogP contribution in [0.4, 0.5) is 5.69 Å². The van der Waals surface area contributed by atoms with Gasteiger partial charge in [0.1, 0.15) is 0 Å². The van der Waals surface area contributed by atoms with E-state index in [2.05, 4.69) is 25.2 Å². The standard InChI is InChI=1S/C18H25N3O2/c1-3-14-6-4-5-7-16(14)21-12-15(10-17(21)22)18(23)20-9-8-19-11-13(20)2/h4-7,13,15,19H,3,8-12H2,1-2H3. The molecule has 0 radical (unpaired) electrons. The molecule has 2 unspecified atom stereocenters. The summed E-state index contributed by atoms with van der Waals surface area (Å²) in [6, 6.07) is 8.18. The van der Waals surface area contributed by atoms with Crippen molar-refractivity contribution in [3.05, 3.63) is 29.8 Å². The van der Waals surface area contributed by atoms with Crippen LogP contribution in [0.5, 0.6) is 0 Å². The van der Waals surface area contributed by atoms with Gasteiger partial charge in [-0.1, -0.05) is 25.1 Å². The van der Waals surface area contributed by atoms with E-state index < -0.39 is 0 Å². The number of piperazine rings is 1. The van der Waals surface area contributed by atoms with Crippen molar-refractivity contribution in [1.82, 2.24) is 10.2 Å². The number of nitrogens with one attached hydrogen (secondary N) is 1. The van der Waals surface area contributed by atoms with Gasteiger partial charge in [-0.15, -0.1) is 0 Å². The molecule has 0 spiro atoms. The Morgan fingerprint density at radius 2 is 2.13 bits per heavy atom. The highest BCUT2D eigenvalue weighted by molar-refractivity contribution is 6.00. The van der Waals surface area contributed by atoms with E-state index in [1.807, 2.05) is 23.1 Å². The lowest BCUT2D eigenvalue weighted by Crippen LogP contribution is -2.54. The second-order valence-electron chi connectivity index (χ2n) is 6.47. The van der Waals surface area contributed by atoms with Gasteiger partial charge in [-0.25, -0.2) is 0 Å². The number of aryl methyl sites for hydroxylation is 1. The van der Waals surface area contributed by atoms with Crippen LogP contribution < -0.4 is 10.2 Å². The molecule has 1 N–H and O–H groups in total. The molecule has 2 saturated heterocycles. The Morgan fingerprint density at radius 1 is 1.35 bits per heavy atom. The smallest absolute Gasteiger partial charge is 0.228 e. The van der Waals surface area contributed by atoms with E-state index in [9.17, 15) is 9.59 Å². The molecule has 2 heterocycles. The third-order valence-electron chi connectivity index (χ3n) is 4.92. The quantitative estimate of drug-likeness (QED) is 0.918. The molecule has 0 bridgehead atoms. The highest BCUT2D eigenvalue weighted by Crippen LogP contribution is 2.29. The Bertz CT molecular complexity index is 602. The second kappa shape index (κ2) is 6.71. The van der Waals surface area contributed by atoms with Crippen LogP contribution in [0, 0.1) is 5.92 Å². The SMILES string of the molecule is CCc1ccccc1N1CC(C(=O)N2CCNCC2C)CC1=O. The lowest BCUT2D eigenvalue weighted by atomic mass is 10.0. The fourth-order valence-electron chi connectivity index (χ4n) is 3.58. The molecule has 0 saturated carbocycles. The van der Waals surface area contributed by atoms with E-state index in [0.29, 0.717) is 13.0 Å². The minimum atomic E-state index is -0.215. The summed E-state index contributed by atoms with van der Waals surface area (Å²) in [5.74, 6) is -0.0242. The fourth-order valence-corrected chi connectivity index (χ4v) is 3.58. The van der Waals surface area contributed by atoms with Crippen molar-refractivity contribution in [1.29, 1.82) is 0 Å². The third kappa shape index (κ3) is 3.11. The molecule has 5 nitrogen and oxygen atoms in total. The van der Waals surface area contributed by atoms with Crippen LogP contribution in [0.3, 0.4) is 0 Å². The number of hydrogen-bond acceptors (Lipinski definition) is 3. The molecule has 2 amide bonds. The maximum absolute atomic E-state index is 12.8. The number of carbonyl (C=O) groups excluding carboxylic acids is 2. The first kappa shape index (κ1) is 16.0. The van der Waals surface area contributed by atoms with Crippen LogP contribution in [-0.4, -0.2) is 48.9 Å². The Kier molecular flexibility index (Phi) is 4.66. The Balaban J connectivity index is 1.75. The van der Waals surface area contributed by atoms with Gasteiger partial charge in [-0.2, -0.15) is 0 Å². The molecule has 2 aliphatic heterocycles. The van der Waals surface area contributed by atoms with Crippen molar-refractivity contribution in [3.63, 3.8) is 0 Å². The Morgan fingerprint density at radius 3 is 2.87 bits per heavy atom. The summed E-state index contributed by atoms with van der Waals surface area (Å²) in [5, 5.41) is 3.30. The predicted molar refractivity (Wildman–Crippen MR) is 90.3 cm³/mol. The van der Waals surface area contributed by atoms with Gasteiger partial charge in [-0.05, 0) is 25.0 Å². The zero-order chi connectivity index (χ0) is 16.4. The number of rotatable bonds is 3. The zero-order valence-electron chi connectivity index (χ0n) is 13.9. The summed E-state index contributed by atoms with van der Waals surface area (Å²) in [5.41, 5.74) is 2.12. The molecule has 124 valence electrons. The summed E-state index contributed by atoms with van der Waals surface area (Å²) in [7, 11) is 0. The highest BCUT2D eigenvalue weighted by atomic mass is 16.2. The largest absolute Gasteiger partial charge is 0.337 e. The molecule has 2 aliphatic rings. The highest BCUT2D eigenvalue weighted by Gasteiger charge is 2.39. The maximum atomic E-state index is 12.8. The van der Waals surface area contributed by atoms with Gasteiger partial charge in [0.25, 0.3) is 0 Å². The number of para-hydroxylation sites is 1. The van der Waals surface area contributed by atoms with E-state index in [4.69, 9.17) is 0 Å². The summed E-state index contributed by atoms with van der Waals surface area (Å²) in [6.45, 7) is 7.05. The van der Waals surface area contributed by atoms with Gasteiger partial charge in [0, 0.05) is 44.3 Å². The Hall–Kier alpha value is -1.88. The predicted octanol–water partition coefficient (Wildman–Crippen LogP) is 1.42. The van der Waals surface area contributed by atoms with Crippen LogP contribution in [0.25, 0.3) is 0 Å². The van der Waals surface area contributed by atoms with Gasteiger partial charge in [0.2, 0.25) is 11.8 Å². The van der Waals surface area contributed by atoms with Crippen LogP contribution in [-0.2, 0) is 16.0 Å². The monoisotopic (exact) mass is 315 g/mol.